The molecule has 2 nitrogen and oxygen atoms in total. The van der Waals surface area contributed by atoms with E-state index in [1.807, 2.05) is 6.92 Å². The molecule has 1 rings (SSSR count). The molecule has 0 aliphatic rings. The van der Waals surface area contributed by atoms with Gasteiger partial charge in [0.15, 0.2) is 0 Å². The van der Waals surface area contributed by atoms with Crippen LogP contribution in [0.5, 0.6) is 5.75 Å². The average molecular weight is 207 g/mol. The molecule has 0 amide bonds. The first-order chi connectivity index (χ1) is 6.94. The monoisotopic (exact) mass is 207 g/mol. The summed E-state index contributed by atoms with van der Waals surface area (Å²) in [6.07, 6.45) is 0.895. The minimum Gasteiger partial charge on any atom is -0.496 e. The second-order valence-electron chi connectivity index (χ2n) is 4.36. The molecule has 0 aromatic heterocycles. The van der Waals surface area contributed by atoms with Crippen molar-refractivity contribution in [2.75, 3.05) is 7.11 Å². The first kappa shape index (κ1) is 12.1. The van der Waals surface area contributed by atoms with E-state index in [0.29, 0.717) is 0 Å². The molecule has 2 N–H and O–H groups in total. The standard InChI is InChI=1S/C13H21NO/c1-6-13(4,14)11-8-7-9(2)10(3)12(11)15-5/h7-8H,6,14H2,1-5H3. The molecule has 15 heavy (non-hydrogen) atoms. The van der Waals surface area contributed by atoms with Gasteiger partial charge in [0.25, 0.3) is 0 Å². The van der Waals surface area contributed by atoms with E-state index in [4.69, 9.17) is 10.5 Å². The maximum atomic E-state index is 6.25. The largest absolute Gasteiger partial charge is 0.496 e. The lowest BCUT2D eigenvalue weighted by atomic mass is 9.87. The molecule has 0 aliphatic heterocycles. The van der Waals surface area contributed by atoms with Gasteiger partial charge >= 0.3 is 0 Å². The van der Waals surface area contributed by atoms with E-state index in [2.05, 4.69) is 32.9 Å². The Morgan fingerprint density at radius 3 is 2.40 bits per heavy atom. The third-order valence-electron chi connectivity index (χ3n) is 3.23. The van der Waals surface area contributed by atoms with Gasteiger partial charge in [-0.25, -0.2) is 0 Å². The van der Waals surface area contributed by atoms with E-state index < -0.39 is 0 Å². The molecule has 0 aliphatic carbocycles. The van der Waals surface area contributed by atoms with Gasteiger partial charge in [-0.3, -0.25) is 0 Å². The summed E-state index contributed by atoms with van der Waals surface area (Å²) in [5.41, 5.74) is 9.45. The van der Waals surface area contributed by atoms with Crippen molar-refractivity contribution in [3.63, 3.8) is 0 Å². The predicted octanol–water partition coefficient (Wildman–Crippen LogP) is 2.90. The molecule has 1 aromatic carbocycles. The Bertz CT molecular complexity index is 356. The van der Waals surface area contributed by atoms with Crippen molar-refractivity contribution in [1.29, 1.82) is 0 Å². The van der Waals surface area contributed by atoms with Crippen LogP contribution in [0.25, 0.3) is 0 Å². The Morgan fingerprint density at radius 2 is 1.93 bits per heavy atom. The van der Waals surface area contributed by atoms with Crippen molar-refractivity contribution >= 4 is 0 Å². The predicted molar refractivity (Wildman–Crippen MR) is 64.3 cm³/mol. The van der Waals surface area contributed by atoms with Crippen LogP contribution in [0.15, 0.2) is 12.1 Å². The summed E-state index contributed by atoms with van der Waals surface area (Å²) < 4.78 is 5.47. The maximum Gasteiger partial charge on any atom is 0.127 e. The van der Waals surface area contributed by atoms with Crippen molar-refractivity contribution in [2.45, 2.75) is 39.7 Å². The zero-order chi connectivity index (χ0) is 11.6. The third-order valence-corrected chi connectivity index (χ3v) is 3.23. The smallest absolute Gasteiger partial charge is 0.127 e. The topological polar surface area (TPSA) is 35.2 Å². The molecule has 1 atom stereocenters. The maximum absolute atomic E-state index is 6.25. The molecule has 0 saturated carbocycles. The number of rotatable bonds is 3. The SMILES string of the molecule is CCC(C)(N)c1ccc(C)c(C)c1OC. The van der Waals surface area contributed by atoms with Crippen LogP contribution < -0.4 is 10.5 Å². The molecule has 0 bridgehead atoms. The molecule has 0 spiro atoms. The van der Waals surface area contributed by atoms with Gasteiger partial charge in [-0.1, -0.05) is 19.1 Å². The first-order valence-corrected chi connectivity index (χ1v) is 5.37. The molecular formula is C13H21NO. The van der Waals surface area contributed by atoms with Gasteiger partial charge < -0.3 is 10.5 Å². The molecule has 0 saturated heterocycles. The number of benzene rings is 1. The second kappa shape index (κ2) is 4.23. The second-order valence-corrected chi connectivity index (χ2v) is 4.36. The Morgan fingerprint density at radius 1 is 1.33 bits per heavy atom. The van der Waals surface area contributed by atoms with Gasteiger partial charge in [-0.2, -0.15) is 0 Å². The highest BCUT2D eigenvalue weighted by atomic mass is 16.5. The summed E-state index contributed by atoms with van der Waals surface area (Å²) in [6.45, 7) is 8.29. The van der Waals surface area contributed by atoms with Crippen LogP contribution in [0.1, 0.15) is 37.0 Å². The molecular weight excluding hydrogens is 186 g/mol. The van der Waals surface area contributed by atoms with Gasteiger partial charge in [0.05, 0.1) is 7.11 Å². The lowest BCUT2D eigenvalue weighted by Gasteiger charge is -2.27. The number of aryl methyl sites for hydroxylation is 1. The molecule has 1 unspecified atom stereocenters. The minimum absolute atomic E-state index is 0.316. The quantitative estimate of drug-likeness (QED) is 0.827. The normalized spacial score (nSPS) is 14.8. The fourth-order valence-electron chi connectivity index (χ4n) is 1.69. The summed E-state index contributed by atoms with van der Waals surface area (Å²) in [6, 6.07) is 4.18. The third kappa shape index (κ3) is 2.15. The van der Waals surface area contributed by atoms with E-state index in [9.17, 15) is 0 Å². The van der Waals surface area contributed by atoms with Crippen LogP contribution >= 0.6 is 0 Å². The number of hydrogen-bond donors (Lipinski definition) is 1. The van der Waals surface area contributed by atoms with Crippen molar-refractivity contribution in [3.05, 3.63) is 28.8 Å². The molecule has 0 radical (unpaired) electrons. The van der Waals surface area contributed by atoms with Crippen LogP contribution in [0.3, 0.4) is 0 Å². The van der Waals surface area contributed by atoms with E-state index in [-0.39, 0.29) is 5.54 Å². The summed E-state index contributed by atoms with van der Waals surface area (Å²) in [4.78, 5) is 0. The number of methoxy groups -OCH3 is 1. The van der Waals surface area contributed by atoms with Crippen LogP contribution in [0.4, 0.5) is 0 Å². The van der Waals surface area contributed by atoms with E-state index >= 15 is 0 Å². The molecule has 2 heteroatoms. The van der Waals surface area contributed by atoms with E-state index in [1.165, 1.54) is 11.1 Å². The summed E-state index contributed by atoms with van der Waals surface area (Å²) in [5.74, 6) is 0.932. The molecule has 0 fully saturated rings. The Kier molecular flexibility index (Phi) is 3.40. The first-order valence-electron chi connectivity index (χ1n) is 5.37. The summed E-state index contributed by atoms with van der Waals surface area (Å²) in [7, 11) is 1.71. The van der Waals surface area contributed by atoms with Gasteiger partial charge in [0.2, 0.25) is 0 Å². The van der Waals surface area contributed by atoms with Crippen LogP contribution in [0.2, 0.25) is 0 Å². The van der Waals surface area contributed by atoms with E-state index in [1.54, 1.807) is 7.11 Å². The molecule has 1 aromatic rings. The summed E-state index contributed by atoms with van der Waals surface area (Å²) in [5, 5.41) is 0. The van der Waals surface area contributed by atoms with Crippen LogP contribution in [-0.4, -0.2) is 7.11 Å². The number of ether oxygens (including phenoxy) is 1. The van der Waals surface area contributed by atoms with Gasteiger partial charge in [-0.15, -0.1) is 0 Å². The van der Waals surface area contributed by atoms with Crippen molar-refractivity contribution < 1.29 is 4.74 Å². The summed E-state index contributed by atoms with van der Waals surface area (Å²) >= 11 is 0. The van der Waals surface area contributed by atoms with Gasteiger partial charge in [0.1, 0.15) is 5.75 Å². The highest BCUT2D eigenvalue weighted by Gasteiger charge is 2.24. The lowest BCUT2D eigenvalue weighted by molar-refractivity contribution is 0.380. The van der Waals surface area contributed by atoms with Crippen molar-refractivity contribution in [2.24, 2.45) is 5.73 Å². The van der Waals surface area contributed by atoms with Crippen molar-refractivity contribution in [3.8, 4) is 5.75 Å². The Balaban J connectivity index is 3.37. The average Bonchev–Trinajstić information content (AvgIpc) is 2.21. The fraction of sp³-hybridized carbons (Fsp3) is 0.538. The minimum atomic E-state index is -0.316. The highest BCUT2D eigenvalue weighted by molar-refractivity contribution is 5.48. The van der Waals surface area contributed by atoms with E-state index in [0.717, 1.165) is 17.7 Å². The Labute approximate surface area is 92.4 Å². The lowest BCUT2D eigenvalue weighted by Crippen LogP contribution is -2.32. The molecule has 84 valence electrons. The number of hydrogen-bond acceptors (Lipinski definition) is 2. The highest BCUT2D eigenvalue weighted by Crippen LogP contribution is 2.34. The zero-order valence-electron chi connectivity index (χ0n) is 10.3. The Hall–Kier alpha value is -1.02. The van der Waals surface area contributed by atoms with Crippen molar-refractivity contribution in [1.82, 2.24) is 0 Å². The van der Waals surface area contributed by atoms with Gasteiger partial charge in [0, 0.05) is 11.1 Å². The number of nitrogens with two attached hydrogens (primary N) is 1. The zero-order valence-corrected chi connectivity index (χ0v) is 10.3. The van der Waals surface area contributed by atoms with Crippen LogP contribution in [0, 0.1) is 13.8 Å². The molecule has 0 heterocycles. The van der Waals surface area contributed by atoms with Crippen LogP contribution in [-0.2, 0) is 5.54 Å². The fourth-order valence-corrected chi connectivity index (χ4v) is 1.69. The van der Waals surface area contributed by atoms with Gasteiger partial charge in [-0.05, 0) is 38.3 Å².